The first-order valence-corrected chi connectivity index (χ1v) is 11.0. The number of rotatable bonds is 7. The zero-order valence-electron chi connectivity index (χ0n) is 15.5. The third kappa shape index (κ3) is 5.08. The summed E-state index contributed by atoms with van der Waals surface area (Å²) in [6, 6.07) is 14.6. The lowest BCUT2D eigenvalue weighted by atomic mass is 10.1. The van der Waals surface area contributed by atoms with Gasteiger partial charge in [0.05, 0.1) is 11.1 Å². The normalized spacial score (nSPS) is 11.2. The van der Waals surface area contributed by atoms with E-state index in [1.165, 1.54) is 11.8 Å². The van der Waals surface area contributed by atoms with Crippen molar-refractivity contribution in [2.75, 3.05) is 4.72 Å². The zero-order chi connectivity index (χ0) is 20.1. The van der Waals surface area contributed by atoms with Crippen LogP contribution in [0.4, 0.5) is 5.82 Å². The number of hydrogen-bond acceptors (Lipinski definition) is 5. The summed E-state index contributed by atoms with van der Waals surface area (Å²) >= 11 is 3.24. The molecule has 0 aliphatic carbocycles. The maximum absolute atomic E-state index is 12.6. The molecule has 2 aromatic carbocycles. The molecule has 0 unspecified atom stereocenters. The maximum Gasteiger partial charge on any atom is 0.263 e. The molecule has 0 radical (unpaired) electrons. The van der Waals surface area contributed by atoms with E-state index in [4.69, 9.17) is 4.74 Å². The number of nitrogens with one attached hydrogen (secondary N) is 1. The van der Waals surface area contributed by atoms with Gasteiger partial charge < -0.3 is 4.74 Å². The van der Waals surface area contributed by atoms with Crippen molar-refractivity contribution >= 4 is 31.8 Å². The lowest BCUT2D eigenvalue weighted by Gasteiger charge is -2.12. The average Bonchev–Trinajstić information content (AvgIpc) is 2.68. The van der Waals surface area contributed by atoms with E-state index in [1.807, 2.05) is 31.2 Å². The van der Waals surface area contributed by atoms with Crippen LogP contribution in [0.5, 0.6) is 5.88 Å². The molecule has 146 valence electrons. The Bertz CT molecular complexity index is 1050. The fourth-order valence-electron chi connectivity index (χ4n) is 2.45. The lowest BCUT2D eigenvalue weighted by Crippen LogP contribution is -2.15. The highest BCUT2D eigenvalue weighted by atomic mass is 79.9. The summed E-state index contributed by atoms with van der Waals surface area (Å²) in [6.07, 6.45) is 2.37. The van der Waals surface area contributed by atoms with Crippen LogP contribution in [0.1, 0.15) is 23.6 Å². The molecular formula is C20H20BrN3O3S. The van der Waals surface area contributed by atoms with Crippen LogP contribution in [0.2, 0.25) is 0 Å². The second-order valence-corrected chi connectivity index (χ2v) is 8.72. The van der Waals surface area contributed by atoms with Crippen molar-refractivity contribution in [2.45, 2.75) is 31.8 Å². The van der Waals surface area contributed by atoms with Gasteiger partial charge in [0, 0.05) is 0 Å². The number of benzene rings is 2. The third-order valence-electron chi connectivity index (χ3n) is 4.08. The van der Waals surface area contributed by atoms with Gasteiger partial charge >= 0.3 is 0 Å². The van der Waals surface area contributed by atoms with Crippen LogP contribution in [0, 0.1) is 6.92 Å². The topological polar surface area (TPSA) is 81.2 Å². The van der Waals surface area contributed by atoms with Gasteiger partial charge in [-0.1, -0.05) is 48.9 Å². The predicted octanol–water partition coefficient (Wildman–Crippen LogP) is 4.49. The number of halogens is 1. The molecule has 1 aromatic heterocycles. The van der Waals surface area contributed by atoms with Crippen molar-refractivity contribution < 1.29 is 13.2 Å². The number of ether oxygens (including phenoxy) is 1. The van der Waals surface area contributed by atoms with Crippen molar-refractivity contribution in [2.24, 2.45) is 0 Å². The summed E-state index contributed by atoms with van der Waals surface area (Å²) in [5, 5.41) is 0. The molecule has 3 rings (SSSR count). The molecule has 6 nitrogen and oxygen atoms in total. The van der Waals surface area contributed by atoms with Gasteiger partial charge in [0.2, 0.25) is 5.82 Å². The monoisotopic (exact) mass is 461 g/mol. The highest BCUT2D eigenvalue weighted by Crippen LogP contribution is 2.25. The first-order chi connectivity index (χ1) is 13.4. The Hall–Kier alpha value is -2.45. The fraction of sp³-hybridized carbons (Fsp3) is 0.200. The molecule has 0 bridgehead atoms. The Balaban J connectivity index is 1.80. The predicted molar refractivity (Wildman–Crippen MR) is 112 cm³/mol. The zero-order valence-corrected chi connectivity index (χ0v) is 17.9. The summed E-state index contributed by atoms with van der Waals surface area (Å²) < 4.78 is 33.9. The molecule has 0 aliphatic heterocycles. The van der Waals surface area contributed by atoms with Crippen LogP contribution in [0.3, 0.4) is 0 Å². The number of anilines is 1. The highest BCUT2D eigenvalue weighted by molar-refractivity contribution is 9.10. The Kier molecular flexibility index (Phi) is 6.31. The molecule has 8 heteroatoms. The molecule has 0 saturated carbocycles. The van der Waals surface area contributed by atoms with Gasteiger partial charge in [0.15, 0.2) is 0 Å². The van der Waals surface area contributed by atoms with Gasteiger partial charge in [-0.25, -0.2) is 18.4 Å². The standard InChI is InChI=1S/C20H20BrN3O3S/c1-3-15-6-8-16(9-7-15)13-27-20-19(22-12-18(21)23-20)24-28(25,26)17-10-4-14(2)5-11-17/h4-12H,3,13H2,1-2H3,(H,22,24). The number of nitrogens with zero attached hydrogens (tertiary/aromatic N) is 2. The van der Waals surface area contributed by atoms with E-state index >= 15 is 0 Å². The minimum Gasteiger partial charge on any atom is -0.470 e. The smallest absolute Gasteiger partial charge is 0.263 e. The number of aryl methyl sites for hydroxylation is 2. The first kappa shape index (κ1) is 20.3. The van der Waals surface area contributed by atoms with Crippen LogP contribution in [-0.2, 0) is 23.1 Å². The molecule has 0 fully saturated rings. The van der Waals surface area contributed by atoms with Gasteiger partial charge in [-0.15, -0.1) is 0 Å². The van der Waals surface area contributed by atoms with E-state index in [9.17, 15) is 8.42 Å². The highest BCUT2D eigenvalue weighted by Gasteiger charge is 2.19. The quantitative estimate of drug-likeness (QED) is 0.560. The van der Waals surface area contributed by atoms with Crippen LogP contribution >= 0.6 is 15.9 Å². The molecule has 1 heterocycles. The van der Waals surface area contributed by atoms with Crippen molar-refractivity contribution in [3.8, 4) is 5.88 Å². The largest absolute Gasteiger partial charge is 0.470 e. The number of hydrogen-bond donors (Lipinski definition) is 1. The summed E-state index contributed by atoms with van der Waals surface area (Å²) in [5.74, 6) is 0.138. The molecule has 0 spiro atoms. The molecule has 0 aliphatic rings. The molecule has 28 heavy (non-hydrogen) atoms. The lowest BCUT2D eigenvalue weighted by molar-refractivity contribution is 0.294. The minimum atomic E-state index is -3.81. The van der Waals surface area contributed by atoms with Crippen LogP contribution in [0.25, 0.3) is 0 Å². The third-order valence-corrected chi connectivity index (χ3v) is 5.82. The van der Waals surface area contributed by atoms with Crippen molar-refractivity contribution in [1.82, 2.24) is 9.97 Å². The maximum atomic E-state index is 12.6. The van der Waals surface area contributed by atoms with Crippen molar-refractivity contribution in [3.63, 3.8) is 0 Å². The van der Waals surface area contributed by atoms with Crippen molar-refractivity contribution in [1.29, 1.82) is 0 Å². The Labute approximate surface area is 173 Å². The summed E-state index contributed by atoms with van der Waals surface area (Å²) in [6.45, 7) is 4.23. The summed E-state index contributed by atoms with van der Waals surface area (Å²) in [7, 11) is -3.81. The Morgan fingerprint density at radius 1 is 1.04 bits per heavy atom. The first-order valence-electron chi connectivity index (χ1n) is 8.70. The van der Waals surface area contributed by atoms with E-state index in [2.05, 4.69) is 37.5 Å². The fourth-order valence-corrected chi connectivity index (χ4v) is 3.72. The average molecular weight is 462 g/mol. The number of sulfonamides is 1. The van der Waals surface area contributed by atoms with E-state index in [0.29, 0.717) is 4.60 Å². The van der Waals surface area contributed by atoms with E-state index < -0.39 is 10.0 Å². The van der Waals surface area contributed by atoms with Crippen LogP contribution in [0.15, 0.2) is 64.2 Å². The molecular weight excluding hydrogens is 442 g/mol. The van der Waals surface area contributed by atoms with Crippen LogP contribution in [-0.4, -0.2) is 18.4 Å². The van der Waals surface area contributed by atoms with Gasteiger partial charge in [-0.2, -0.15) is 0 Å². The van der Waals surface area contributed by atoms with E-state index in [-0.39, 0.29) is 23.2 Å². The van der Waals surface area contributed by atoms with Gasteiger partial charge in [0.25, 0.3) is 15.9 Å². The molecule has 0 amide bonds. The van der Waals surface area contributed by atoms with Crippen LogP contribution < -0.4 is 9.46 Å². The summed E-state index contributed by atoms with van der Waals surface area (Å²) in [4.78, 5) is 8.48. The summed E-state index contributed by atoms with van der Waals surface area (Å²) in [5.41, 5.74) is 3.16. The number of aromatic nitrogens is 2. The van der Waals surface area contributed by atoms with E-state index in [0.717, 1.165) is 17.5 Å². The van der Waals surface area contributed by atoms with E-state index in [1.54, 1.807) is 24.3 Å². The second-order valence-electron chi connectivity index (χ2n) is 6.22. The molecule has 3 aromatic rings. The van der Waals surface area contributed by atoms with Gasteiger partial charge in [0.1, 0.15) is 11.2 Å². The van der Waals surface area contributed by atoms with Gasteiger partial charge in [-0.3, -0.25) is 4.72 Å². The molecule has 0 saturated heterocycles. The SMILES string of the molecule is CCc1ccc(COc2nc(Br)cnc2NS(=O)(=O)c2ccc(C)cc2)cc1. The van der Waals surface area contributed by atoms with Crippen molar-refractivity contribution in [3.05, 3.63) is 76.0 Å². The minimum absolute atomic E-state index is 0.0361. The molecule has 0 atom stereocenters. The Morgan fingerprint density at radius 2 is 1.68 bits per heavy atom. The Morgan fingerprint density at radius 3 is 2.32 bits per heavy atom. The second kappa shape index (κ2) is 8.70. The molecule has 1 N–H and O–H groups in total. The van der Waals surface area contributed by atoms with Gasteiger partial charge in [-0.05, 0) is 52.5 Å².